The lowest BCUT2D eigenvalue weighted by atomic mass is 9.91. The number of imidazole rings is 2. The monoisotopic (exact) mass is 535 g/mol. The predicted octanol–water partition coefficient (Wildman–Crippen LogP) is 0.528. The number of benzene rings is 1. The summed E-state index contributed by atoms with van der Waals surface area (Å²) in [6.07, 6.45) is -4.69. The molecule has 12 nitrogen and oxygen atoms in total. The molecule has 15 heteroatoms. The SMILES string of the molecule is Cn1c(=O)c2c(ncn2[C@@H]2CN(C(=O)c3ccc4nc(C(F)(F)F)[nH]c4c3)C[C@@H](O)C[C@@]2(C)O)n(C)c1=O. The highest BCUT2D eigenvalue weighted by Crippen LogP contribution is 2.34. The molecular weight excluding hydrogens is 511 g/mol. The molecule has 1 amide bonds. The van der Waals surface area contributed by atoms with Crippen molar-refractivity contribution in [1.82, 2.24) is 33.6 Å². The standard InChI is InChI=1S/C23H24F3N7O5/c1-22(38)7-12(34)8-32(18(35)11-4-5-13-14(6-11)29-20(28-13)23(24,25)26)9-15(22)33-10-27-17-16(33)19(36)31(3)21(37)30(17)2/h4-6,10,12,15,34,38H,7-9H2,1-3H3,(H,28,29)/t12-,15+,22+/m0/s1. The molecule has 4 aromatic rings. The second kappa shape index (κ2) is 8.52. The minimum Gasteiger partial charge on any atom is -0.391 e. The number of alkyl halides is 3. The molecule has 0 aliphatic carbocycles. The van der Waals surface area contributed by atoms with Crippen LogP contribution in [-0.4, -0.2) is 74.5 Å². The summed E-state index contributed by atoms with van der Waals surface area (Å²) in [5, 5.41) is 22.0. The Hall–Kier alpha value is -3.98. The Labute approximate surface area is 211 Å². The van der Waals surface area contributed by atoms with Gasteiger partial charge in [0.2, 0.25) is 5.82 Å². The minimum atomic E-state index is -4.69. The largest absolute Gasteiger partial charge is 0.449 e. The van der Waals surface area contributed by atoms with E-state index in [1.165, 1.54) is 59.6 Å². The van der Waals surface area contributed by atoms with Gasteiger partial charge in [0.15, 0.2) is 11.2 Å². The molecule has 0 bridgehead atoms. The molecule has 1 fully saturated rings. The Kier molecular flexibility index (Phi) is 5.76. The van der Waals surface area contributed by atoms with Crippen LogP contribution in [0.25, 0.3) is 22.2 Å². The number of aromatic nitrogens is 6. The molecule has 0 saturated carbocycles. The molecule has 0 radical (unpaired) electrons. The summed E-state index contributed by atoms with van der Waals surface area (Å²) in [5.74, 6) is -1.80. The van der Waals surface area contributed by atoms with Gasteiger partial charge in [-0.15, -0.1) is 0 Å². The van der Waals surface area contributed by atoms with Gasteiger partial charge in [0.25, 0.3) is 11.5 Å². The van der Waals surface area contributed by atoms with Crippen LogP contribution in [0.4, 0.5) is 13.2 Å². The van der Waals surface area contributed by atoms with E-state index in [4.69, 9.17) is 0 Å². The number of nitrogens with one attached hydrogen (secondary N) is 1. The lowest BCUT2D eigenvalue weighted by Crippen LogP contribution is -2.44. The molecule has 1 aliphatic heterocycles. The first kappa shape index (κ1) is 25.7. The van der Waals surface area contributed by atoms with E-state index in [1.807, 2.05) is 0 Å². The molecule has 4 heterocycles. The Morgan fingerprint density at radius 3 is 2.58 bits per heavy atom. The maximum absolute atomic E-state index is 13.5. The van der Waals surface area contributed by atoms with E-state index in [0.717, 1.165) is 4.57 Å². The summed E-state index contributed by atoms with van der Waals surface area (Å²) in [5.41, 5.74) is -2.67. The number of nitrogens with zero attached hydrogens (tertiary/aromatic N) is 6. The number of H-pyrrole nitrogens is 1. The number of hydrogen-bond donors (Lipinski definition) is 3. The van der Waals surface area contributed by atoms with Crippen LogP contribution in [0.1, 0.15) is 35.6 Å². The quantitative estimate of drug-likeness (QED) is 0.339. The van der Waals surface area contributed by atoms with Gasteiger partial charge in [-0.1, -0.05) is 0 Å². The summed E-state index contributed by atoms with van der Waals surface area (Å²) in [4.78, 5) is 50.0. The summed E-state index contributed by atoms with van der Waals surface area (Å²) in [6.45, 7) is 1.11. The number of amides is 1. The molecule has 1 aromatic carbocycles. The predicted molar refractivity (Wildman–Crippen MR) is 127 cm³/mol. The molecule has 3 aromatic heterocycles. The van der Waals surface area contributed by atoms with Crippen molar-refractivity contribution < 1.29 is 28.2 Å². The number of β-amino-alcohol motifs (C(OH)–C–C–N with tert-alkyl or cyclic N) is 1. The van der Waals surface area contributed by atoms with Crippen LogP contribution in [0, 0.1) is 0 Å². The van der Waals surface area contributed by atoms with Crippen molar-refractivity contribution in [2.75, 3.05) is 13.1 Å². The van der Waals surface area contributed by atoms with Crippen LogP contribution in [0.3, 0.4) is 0 Å². The molecule has 1 saturated heterocycles. The Morgan fingerprint density at radius 2 is 1.89 bits per heavy atom. The van der Waals surface area contributed by atoms with Gasteiger partial charge in [-0.25, -0.2) is 14.8 Å². The Balaban J connectivity index is 1.57. The van der Waals surface area contributed by atoms with E-state index in [-0.39, 0.29) is 47.3 Å². The van der Waals surface area contributed by atoms with E-state index in [0.29, 0.717) is 0 Å². The first-order valence-corrected chi connectivity index (χ1v) is 11.6. The summed E-state index contributed by atoms with van der Waals surface area (Å²) in [7, 11) is 2.75. The Bertz CT molecular complexity index is 1700. The maximum Gasteiger partial charge on any atom is 0.449 e. The maximum atomic E-state index is 13.5. The van der Waals surface area contributed by atoms with Crippen molar-refractivity contribution in [3.8, 4) is 0 Å². The number of rotatable bonds is 2. The van der Waals surface area contributed by atoms with Crippen molar-refractivity contribution in [1.29, 1.82) is 0 Å². The molecule has 0 spiro atoms. The number of hydrogen-bond acceptors (Lipinski definition) is 7. The highest BCUT2D eigenvalue weighted by molar-refractivity contribution is 5.97. The number of carbonyl (C=O) groups is 1. The number of aromatic amines is 1. The highest BCUT2D eigenvalue weighted by atomic mass is 19.4. The molecular formula is C23H24F3N7O5. The number of halogens is 3. The third kappa shape index (κ3) is 4.07. The normalized spacial score (nSPS) is 22.8. The molecule has 1 aliphatic rings. The van der Waals surface area contributed by atoms with Crippen molar-refractivity contribution in [2.24, 2.45) is 14.1 Å². The minimum absolute atomic E-state index is 0.00658. The van der Waals surface area contributed by atoms with Crippen molar-refractivity contribution >= 4 is 28.1 Å². The van der Waals surface area contributed by atoms with Crippen LogP contribution in [0.15, 0.2) is 34.1 Å². The number of carbonyl (C=O) groups excluding carboxylic acids is 1. The van der Waals surface area contributed by atoms with Gasteiger partial charge in [0.1, 0.15) is 0 Å². The number of aryl methyl sites for hydroxylation is 1. The fraction of sp³-hybridized carbons (Fsp3) is 0.435. The van der Waals surface area contributed by atoms with Crippen LogP contribution in [0.2, 0.25) is 0 Å². The van der Waals surface area contributed by atoms with Crippen molar-refractivity contribution in [2.45, 2.75) is 37.3 Å². The number of fused-ring (bicyclic) bond motifs is 2. The lowest BCUT2D eigenvalue weighted by Gasteiger charge is -2.34. The summed E-state index contributed by atoms with van der Waals surface area (Å²) in [6, 6.07) is 2.88. The van der Waals surface area contributed by atoms with Gasteiger partial charge < -0.3 is 24.7 Å². The molecule has 3 N–H and O–H groups in total. The molecule has 0 unspecified atom stereocenters. The zero-order valence-electron chi connectivity index (χ0n) is 20.5. The molecule has 5 rings (SSSR count). The zero-order valence-corrected chi connectivity index (χ0v) is 20.5. The summed E-state index contributed by atoms with van der Waals surface area (Å²) >= 11 is 0. The second-order valence-electron chi connectivity index (χ2n) is 9.79. The van der Waals surface area contributed by atoms with Crippen LogP contribution < -0.4 is 11.2 Å². The molecule has 3 atom stereocenters. The van der Waals surface area contributed by atoms with Gasteiger partial charge in [-0.2, -0.15) is 13.2 Å². The topological polar surface area (TPSA) is 151 Å². The van der Waals surface area contributed by atoms with E-state index in [2.05, 4.69) is 15.0 Å². The highest BCUT2D eigenvalue weighted by Gasteiger charge is 2.42. The first-order chi connectivity index (χ1) is 17.7. The van der Waals surface area contributed by atoms with Crippen LogP contribution in [0.5, 0.6) is 0 Å². The number of likely N-dealkylation sites (tertiary alicyclic amines) is 1. The lowest BCUT2D eigenvalue weighted by molar-refractivity contribution is -0.144. The smallest absolute Gasteiger partial charge is 0.391 e. The van der Waals surface area contributed by atoms with Gasteiger partial charge in [0.05, 0.1) is 35.1 Å². The van der Waals surface area contributed by atoms with Gasteiger partial charge in [0, 0.05) is 39.2 Å². The van der Waals surface area contributed by atoms with Crippen LogP contribution >= 0.6 is 0 Å². The third-order valence-electron chi connectivity index (χ3n) is 6.98. The van der Waals surface area contributed by atoms with Crippen LogP contribution in [-0.2, 0) is 20.3 Å². The fourth-order valence-corrected chi connectivity index (χ4v) is 5.03. The molecule has 202 valence electrons. The zero-order chi connectivity index (χ0) is 27.7. The van der Waals surface area contributed by atoms with E-state index in [1.54, 1.807) is 0 Å². The van der Waals surface area contributed by atoms with Gasteiger partial charge in [-0.05, 0) is 25.1 Å². The average Bonchev–Trinajstić information content (AvgIpc) is 3.44. The first-order valence-electron chi connectivity index (χ1n) is 11.6. The Morgan fingerprint density at radius 1 is 1.18 bits per heavy atom. The number of aliphatic hydroxyl groups is 2. The van der Waals surface area contributed by atoms with E-state index in [9.17, 15) is 37.8 Å². The van der Waals surface area contributed by atoms with E-state index >= 15 is 0 Å². The number of aliphatic hydroxyl groups excluding tert-OH is 1. The summed E-state index contributed by atoms with van der Waals surface area (Å²) < 4.78 is 42.6. The van der Waals surface area contributed by atoms with Gasteiger partial charge >= 0.3 is 11.9 Å². The van der Waals surface area contributed by atoms with Crippen molar-refractivity contribution in [3.05, 3.63) is 56.8 Å². The van der Waals surface area contributed by atoms with Gasteiger partial charge in [-0.3, -0.25) is 18.7 Å². The third-order valence-corrected chi connectivity index (χ3v) is 6.98. The fourth-order valence-electron chi connectivity index (χ4n) is 5.03. The van der Waals surface area contributed by atoms with Crippen molar-refractivity contribution in [3.63, 3.8) is 0 Å². The second-order valence-corrected chi connectivity index (χ2v) is 9.79. The van der Waals surface area contributed by atoms with E-state index < -0.39 is 46.9 Å². The average molecular weight is 535 g/mol. The molecule has 38 heavy (non-hydrogen) atoms.